The molecule has 2 fully saturated rings. The van der Waals surface area contributed by atoms with Crippen molar-refractivity contribution in [2.45, 2.75) is 25.8 Å². The van der Waals surface area contributed by atoms with Crippen molar-refractivity contribution in [2.24, 2.45) is 11.8 Å². The van der Waals surface area contributed by atoms with Crippen molar-refractivity contribution in [1.29, 1.82) is 0 Å². The van der Waals surface area contributed by atoms with E-state index in [0.717, 1.165) is 10.6 Å². The number of aromatic nitrogens is 2. The number of aryl methyl sites for hydroxylation is 1. The smallest absolute Gasteiger partial charge is 0.319 e. The van der Waals surface area contributed by atoms with Crippen molar-refractivity contribution in [3.63, 3.8) is 0 Å². The number of H-pyrrole nitrogens is 1. The molecule has 2 aromatic heterocycles. The maximum Gasteiger partial charge on any atom is 0.319 e. The third-order valence-electron chi connectivity index (χ3n) is 5.38. The number of aromatic amines is 1. The molecule has 0 unspecified atom stereocenters. The van der Waals surface area contributed by atoms with E-state index in [1.54, 1.807) is 36.4 Å². The highest BCUT2D eigenvalue weighted by Gasteiger charge is 2.44. The summed E-state index contributed by atoms with van der Waals surface area (Å²) in [5, 5.41) is 10.3. The van der Waals surface area contributed by atoms with E-state index in [0.29, 0.717) is 30.6 Å². The summed E-state index contributed by atoms with van der Waals surface area (Å²) in [6.45, 7) is 3.33. The van der Waals surface area contributed by atoms with Crippen LogP contribution < -0.4 is 5.32 Å². The fourth-order valence-corrected chi connectivity index (χ4v) is 4.64. The number of nitrogens with one attached hydrogen (secondary N) is 2. The minimum Gasteiger partial charge on any atom is -0.346 e. The second-order valence-electron chi connectivity index (χ2n) is 7.74. The Kier molecular flexibility index (Phi) is 4.67. The van der Waals surface area contributed by atoms with Gasteiger partial charge < -0.3 is 15.1 Å². The van der Waals surface area contributed by atoms with Gasteiger partial charge >= 0.3 is 6.03 Å². The Morgan fingerprint density at radius 1 is 1.30 bits per heavy atom. The molecule has 3 heterocycles. The molecule has 8 heteroatoms. The molecule has 27 heavy (non-hydrogen) atoms. The Bertz CT molecular complexity index is 854. The minimum absolute atomic E-state index is 0.00696. The lowest BCUT2D eigenvalue weighted by atomic mass is 9.98. The highest BCUT2D eigenvalue weighted by atomic mass is 32.1. The van der Waals surface area contributed by atoms with Crippen LogP contribution in [0.4, 0.5) is 4.79 Å². The highest BCUT2D eigenvalue weighted by molar-refractivity contribution is 7.15. The molecule has 7 nitrogen and oxygen atoms in total. The van der Waals surface area contributed by atoms with E-state index in [2.05, 4.69) is 28.5 Å². The third-order valence-corrected chi connectivity index (χ3v) is 6.41. The Morgan fingerprint density at radius 3 is 2.70 bits per heavy atom. The normalized spacial score (nSPS) is 22.1. The molecule has 144 valence electrons. The van der Waals surface area contributed by atoms with Crippen molar-refractivity contribution in [3.8, 4) is 10.6 Å². The Hall–Kier alpha value is -2.35. The molecule has 2 atom stereocenters. The van der Waals surface area contributed by atoms with Crippen LogP contribution in [0, 0.1) is 18.8 Å². The van der Waals surface area contributed by atoms with Gasteiger partial charge in [-0.2, -0.15) is 5.10 Å². The molecular formula is C19H25N5O2S. The average molecular weight is 388 g/mol. The molecule has 2 N–H and O–H groups in total. The molecule has 0 radical (unpaired) electrons. The van der Waals surface area contributed by atoms with Crippen molar-refractivity contribution >= 4 is 23.3 Å². The Labute approximate surface area is 162 Å². The first-order chi connectivity index (χ1) is 12.9. The van der Waals surface area contributed by atoms with Crippen LogP contribution in [0.3, 0.4) is 0 Å². The number of urea groups is 1. The number of likely N-dealkylation sites (tertiary alicyclic amines) is 1. The van der Waals surface area contributed by atoms with Crippen LogP contribution in [0.1, 0.15) is 28.2 Å². The SMILES string of the molecule is Cc1ccc(-c2cc(C(=O)N[C@@H]3CN(C(=O)N(C)C)C[C@H]3C3CC3)n[nH]2)s1. The third kappa shape index (κ3) is 3.71. The standard InChI is InChI=1S/C19H25N5O2S/c1-11-4-7-17(27-11)14-8-15(22-21-14)18(25)20-16-10-24(19(26)23(2)3)9-13(16)12-5-6-12/h4,7-8,12-13,16H,5-6,9-10H2,1-3H3,(H,20,25)(H,21,22)/t13-,16+/m0/s1. The lowest BCUT2D eigenvalue weighted by Gasteiger charge is -2.21. The van der Waals surface area contributed by atoms with Crippen molar-refractivity contribution < 1.29 is 9.59 Å². The van der Waals surface area contributed by atoms with E-state index >= 15 is 0 Å². The summed E-state index contributed by atoms with van der Waals surface area (Å²) in [6, 6.07) is 5.87. The van der Waals surface area contributed by atoms with Gasteiger partial charge in [0.05, 0.1) is 16.6 Å². The lowest BCUT2D eigenvalue weighted by molar-refractivity contribution is 0.0922. The molecule has 1 aliphatic carbocycles. The largest absolute Gasteiger partial charge is 0.346 e. The molecule has 4 rings (SSSR count). The van der Waals surface area contributed by atoms with E-state index in [1.807, 2.05) is 11.0 Å². The van der Waals surface area contributed by atoms with E-state index in [1.165, 1.54) is 17.7 Å². The summed E-state index contributed by atoms with van der Waals surface area (Å²) in [5.41, 5.74) is 1.25. The number of rotatable bonds is 4. The van der Waals surface area contributed by atoms with E-state index in [9.17, 15) is 9.59 Å². The van der Waals surface area contributed by atoms with Crippen LogP contribution in [-0.4, -0.2) is 65.2 Å². The molecular weight excluding hydrogens is 362 g/mol. The molecule has 1 saturated heterocycles. The number of nitrogens with zero attached hydrogens (tertiary/aromatic N) is 3. The fraction of sp³-hybridized carbons (Fsp3) is 0.526. The van der Waals surface area contributed by atoms with Crippen molar-refractivity contribution in [3.05, 3.63) is 28.8 Å². The van der Waals surface area contributed by atoms with Crippen LogP contribution >= 0.6 is 11.3 Å². The summed E-state index contributed by atoms with van der Waals surface area (Å²) < 4.78 is 0. The molecule has 1 aliphatic heterocycles. The van der Waals surface area contributed by atoms with Gasteiger partial charge in [0.2, 0.25) is 0 Å². The number of hydrogen-bond acceptors (Lipinski definition) is 4. The monoisotopic (exact) mass is 387 g/mol. The van der Waals surface area contributed by atoms with Gasteiger partial charge in [-0.25, -0.2) is 4.79 Å². The Morgan fingerprint density at radius 2 is 2.07 bits per heavy atom. The molecule has 3 amide bonds. The van der Waals surface area contributed by atoms with Gasteiger partial charge in [-0.15, -0.1) is 11.3 Å². The first-order valence-corrected chi connectivity index (χ1v) is 10.1. The van der Waals surface area contributed by atoms with Crippen LogP contribution in [0.15, 0.2) is 18.2 Å². The number of hydrogen-bond donors (Lipinski definition) is 2. The van der Waals surface area contributed by atoms with Gasteiger partial charge in [0.15, 0.2) is 5.69 Å². The van der Waals surface area contributed by atoms with Crippen molar-refractivity contribution in [2.75, 3.05) is 27.2 Å². The minimum atomic E-state index is -0.180. The predicted molar refractivity (Wildman–Crippen MR) is 105 cm³/mol. The topological polar surface area (TPSA) is 81.3 Å². The Balaban J connectivity index is 1.45. The maximum atomic E-state index is 12.7. The number of amides is 3. The molecule has 1 saturated carbocycles. The fourth-order valence-electron chi connectivity index (χ4n) is 3.81. The highest BCUT2D eigenvalue weighted by Crippen LogP contribution is 2.41. The van der Waals surface area contributed by atoms with E-state index in [4.69, 9.17) is 0 Å². The summed E-state index contributed by atoms with van der Waals surface area (Å²) >= 11 is 1.67. The number of thiophene rings is 1. The van der Waals surface area contributed by atoms with E-state index in [-0.39, 0.29) is 18.0 Å². The molecule has 0 spiro atoms. The number of carbonyl (C=O) groups is 2. The van der Waals surface area contributed by atoms with Gasteiger partial charge in [0.1, 0.15) is 0 Å². The van der Waals surface area contributed by atoms with E-state index < -0.39 is 0 Å². The molecule has 2 aromatic rings. The van der Waals surface area contributed by atoms with Gasteiger partial charge in [-0.3, -0.25) is 9.89 Å². The summed E-state index contributed by atoms with van der Waals surface area (Å²) in [7, 11) is 3.52. The van der Waals surface area contributed by atoms with Crippen LogP contribution in [0.2, 0.25) is 0 Å². The van der Waals surface area contributed by atoms with Gasteiger partial charge in [0, 0.05) is 38.0 Å². The summed E-state index contributed by atoms with van der Waals surface area (Å²) in [6.07, 6.45) is 2.37. The second-order valence-corrected chi connectivity index (χ2v) is 9.03. The van der Waals surface area contributed by atoms with Crippen LogP contribution in [0.25, 0.3) is 10.6 Å². The number of carbonyl (C=O) groups excluding carboxylic acids is 2. The maximum absolute atomic E-state index is 12.7. The second kappa shape index (κ2) is 6.99. The lowest BCUT2D eigenvalue weighted by Crippen LogP contribution is -2.43. The summed E-state index contributed by atoms with van der Waals surface area (Å²) in [4.78, 5) is 30.8. The van der Waals surface area contributed by atoms with Crippen LogP contribution in [-0.2, 0) is 0 Å². The first-order valence-electron chi connectivity index (χ1n) is 9.31. The quantitative estimate of drug-likeness (QED) is 0.846. The summed E-state index contributed by atoms with van der Waals surface area (Å²) in [5.74, 6) is 0.760. The van der Waals surface area contributed by atoms with Crippen molar-refractivity contribution in [1.82, 2.24) is 25.3 Å². The molecule has 0 aromatic carbocycles. The van der Waals surface area contributed by atoms with Gasteiger partial charge in [0.25, 0.3) is 5.91 Å². The zero-order valence-corrected chi connectivity index (χ0v) is 16.7. The van der Waals surface area contributed by atoms with Gasteiger partial charge in [-0.1, -0.05) is 0 Å². The molecule has 0 bridgehead atoms. The first kappa shape index (κ1) is 18.0. The van der Waals surface area contributed by atoms with Gasteiger partial charge in [-0.05, 0) is 43.9 Å². The zero-order valence-electron chi connectivity index (χ0n) is 15.9. The molecule has 2 aliphatic rings. The average Bonchev–Trinajstić information content (AvgIpc) is 3.04. The zero-order chi connectivity index (χ0) is 19.1. The predicted octanol–water partition coefficient (Wildman–Crippen LogP) is 2.57. The van der Waals surface area contributed by atoms with Crippen LogP contribution in [0.5, 0.6) is 0 Å².